The summed E-state index contributed by atoms with van der Waals surface area (Å²) >= 11 is 0. The number of hydrogen-bond acceptors (Lipinski definition) is 5. The summed E-state index contributed by atoms with van der Waals surface area (Å²) in [5.74, 6) is 0.332. The molecule has 1 aliphatic rings. The van der Waals surface area contributed by atoms with Crippen molar-refractivity contribution in [3.8, 4) is 5.88 Å². The number of piperazine rings is 1. The average Bonchev–Trinajstić information content (AvgIpc) is 2.86. The Morgan fingerprint density at radius 2 is 2.21 bits per heavy atom. The van der Waals surface area contributed by atoms with Gasteiger partial charge < -0.3 is 14.7 Å². The fraction of sp³-hybridized carbons (Fsp3) is 0.667. The summed E-state index contributed by atoms with van der Waals surface area (Å²) in [4.78, 5) is 16.2. The van der Waals surface area contributed by atoms with Gasteiger partial charge in [0.15, 0.2) is 0 Å². The predicted molar refractivity (Wildman–Crippen MR) is 69.2 cm³/mol. The SMILES string of the molecule is COc1[nH]ncc1C(=O)N1CCN(CC(C)O)CC1. The molecule has 0 bridgehead atoms. The first-order valence-corrected chi connectivity index (χ1v) is 6.39. The zero-order valence-electron chi connectivity index (χ0n) is 11.3. The third-order valence-electron chi connectivity index (χ3n) is 3.22. The Balaban J connectivity index is 1.92. The standard InChI is InChI=1S/C12H20N4O3/c1-9(17)8-15-3-5-16(6-4-15)12(18)10-7-13-14-11(10)19-2/h7,9,17H,3-6,8H2,1-2H3,(H,13,14). The van der Waals surface area contributed by atoms with E-state index in [1.54, 1.807) is 11.8 Å². The molecular weight excluding hydrogens is 248 g/mol. The van der Waals surface area contributed by atoms with Crippen molar-refractivity contribution in [2.75, 3.05) is 39.8 Å². The van der Waals surface area contributed by atoms with Crippen molar-refractivity contribution >= 4 is 5.91 Å². The van der Waals surface area contributed by atoms with Crippen LogP contribution < -0.4 is 4.74 Å². The number of β-amino-alcohol motifs (C(OH)–C–C–N with tert-alkyl or cyclic N) is 1. The molecule has 19 heavy (non-hydrogen) atoms. The van der Waals surface area contributed by atoms with Gasteiger partial charge in [0.1, 0.15) is 5.56 Å². The van der Waals surface area contributed by atoms with Crippen LogP contribution in [0.25, 0.3) is 0 Å². The first-order valence-electron chi connectivity index (χ1n) is 6.39. The molecule has 0 radical (unpaired) electrons. The van der Waals surface area contributed by atoms with Gasteiger partial charge in [-0.15, -0.1) is 0 Å². The van der Waals surface area contributed by atoms with Crippen LogP contribution in [0.1, 0.15) is 17.3 Å². The number of rotatable bonds is 4. The van der Waals surface area contributed by atoms with Gasteiger partial charge in [0, 0.05) is 32.7 Å². The van der Waals surface area contributed by atoms with E-state index in [0.29, 0.717) is 31.1 Å². The quantitative estimate of drug-likeness (QED) is 0.773. The van der Waals surface area contributed by atoms with Crippen LogP contribution in [-0.2, 0) is 0 Å². The molecular formula is C12H20N4O3. The minimum absolute atomic E-state index is 0.0673. The number of methoxy groups -OCH3 is 1. The lowest BCUT2D eigenvalue weighted by Crippen LogP contribution is -2.50. The van der Waals surface area contributed by atoms with Crippen molar-refractivity contribution < 1.29 is 14.6 Å². The lowest BCUT2D eigenvalue weighted by molar-refractivity contribution is 0.0551. The number of hydrogen-bond donors (Lipinski definition) is 2. The topological polar surface area (TPSA) is 81.7 Å². The van der Waals surface area contributed by atoms with Crippen LogP contribution in [0.15, 0.2) is 6.20 Å². The predicted octanol–water partition coefficient (Wildman–Crippen LogP) is -0.443. The van der Waals surface area contributed by atoms with Gasteiger partial charge in [-0.3, -0.25) is 9.69 Å². The molecule has 0 aliphatic carbocycles. The monoisotopic (exact) mass is 268 g/mol. The van der Waals surface area contributed by atoms with Gasteiger partial charge in [0.05, 0.1) is 19.4 Å². The fourth-order valence-electron chi connectivity index (χ4n) is 2.26. The number of amides is 1. The van der Waals surface area contributed by atoms with Gasteiger partial charge >= 0.3 is 0 Å². The summed E-state index contributed by atoms with van der Waals surface area (Å²) < 4.78 is 5.06. The number of aliphatic hydroxyl groups is 1. The van der Waals surface area contributed by atoms with Crippen LogP contribution in [0.4, 0.5) is 0 Å². The second-order valence-corrected chi connectivity index (χ2v) is 4.76. The van der Waals surface area contributed by atoms with Crippen molar-refractivity contribution in [1.82, 2.24) is 20.0 Å². The zero-order valence-corrected chi connectivity index (χ0v) is 11.3. The molecule has 2 N–H and O–H groups in total. The molecule has 1 unspecified atom stereocenters. The highest BCUT2D eigenvalue weighted by Crippen LogP contribution is 2.16. The van der Waals surface area contributed by atoms with Crippen molar-refractivity contribution in [2.45, 2.75) is 13.0 Å². The number of aromatic amines is 1. The summed E-state index contributed by atoms with van der Waals surface area (Å²) in [6, 6.07) is 0. The van der Waals surface area contributed by atoms with E-state index < -0.39 is 0 Å². The molecule has 1 amide bonds. The van der Waals surface area contributed by atoms with Gasteiger partial charge in [0.25, 0.3) is 5.91 Å². The van der Waals surface area contributed by atoms with E-state index in [1.165, 1.54) is 13.3 Å². The van der Waals surface area contributed by atoms with E-state index in [1.807, 2.05) is 0 Å². The number of aromatic nitrogens is 2. The largest absolute Gasteiger partial charge is 0.481 e. The van der Waals surface area contributed by atoms with Crippen LogP contribution in [0.5, 0.6) is 5.88 Å². The van der Waals surface area contributed by atoms with E-state index in [9.17, 15) is 9.90 Å². The molecule has 1 atom stereocenters. The van der Waals surface area contributed by atoms with Gasteiger partial charge in [-0.05, 0) is 6.92 Å². The molecule has 7 nitrogen and oxygen atoms in total. The molecule has 1 aromatic heterocycles. The number of nitrogens with one attached hydrogen (secondary N) is 1. The van der Waals surface area contributed by atoms with Crippen LogP contribution in [0.2, 0.25) is 0 Å². The Hall–Kier alpha value is -1.60. The summed E-state index contributed by atoms with van der Waals surface area (Å²) in [5.41, 5.74) is 0.464. The van der Waals surface area contributed by atoms with Gasteiger partial charge in [-0.25, -0.2) is 5.10 Å². The number of carbonyl (C=O) groups excluding carboxylic acids is 1. The fourth-order valence-corrected chi connectivity index (χ4v) is 2.26. The Kier molecular flexibility index (Phi) is 4.39. The number of carbonyl (C=O) groups is 1. The molecule has 0 saturated carbocycles. The number of aliphatic hydroxyl groups excluding tert-OH is 1. The maximum Gasteiger partial charge on any atom is 0.261 e. The first kappa shape index (κ1) is 13.8. The Morgan fingerprint density at radius 3 is 2.79 bits per heavy atom. The Morgan fingerprint density at radius 1 is 1.53 bits per heavy atom. The molecule has 2 rings (SSSR count). The molecule has 2 heterocycles. The summed E-state index contributed by atoms with van der Waals surface area (Å²) in [7, 11) is 1.50. The molecule has 1 aromatic rings. The van der Waals surface area contributed by atoms with Crippen molar-refractivity contribution in [3.05, 3.63) is 11.8 Å². The van der Waals surface area contributed by atoms with Crippen molar-refractivity contribution in [1.29, 1.82) is 0 Å². The van der Waals surface area contributed by atoms with Gasteiger partial charge in [0.2, 0.25) is 5.88 Å². The van der Waals surface area contributed by atoms with E-state index >= 15 is 0 Å². The molecule has 1 aliphatic heterocycles. The lowest BCUT2D eigenvalue weighted by atomic mass is 10.2. The number of H-pyrrole nitrogens is 1. The minimum atomic E-state index is -0.337. The van der Waals surface area contributed by atoms with E-state index in [-0.39, 0.29) is 12.0 Å². The number of nitrogens with zero attached hydrogens (tertiary/aromatic N) is 3. The summed E-state index contributed by atoms with van der Waals surface area (Å²) in [6.45, 7) is 5.28. The van der Waals surface area contributed by atoms with Crippen LogP contribution in [-0.4, -0.2) is 76.9 Å². The molecule has 7 heteroatoms. The van der Waals surface area contributed by atoms with Crippen molar-refractivity contribution in [3.63, 3.8) is 0 Å². The summed E-state index contributed by atoms with van der Waals surface area (Å²) in [6.07, 6.45) is 1.15. The molecule has 1 fully saturated rings. The van der Waals surface area contributed by atoms with Gasteiger partial charge in [-0.1, -0.05) is 0 Å². The Labute approximate surface area is 112 Å². The highest BCUT2D eigenvalue weighted by molar-refractivity contribution is 5.96. The highest BCUT2D eigenvalue weighted by Gasteiger charge is 2.25. The number of ether oxygens (including phenoxy) is 1. The normalized spacial score (nSPS) is 18.4. The maximum absolute atomic E-state index is 12.3. The van der Waals surface area contributed by atoms with E-state index in [0.717, 1.165) is 13.1 Å². The van der Waals surface area contributed by atoms with Crippen LogP contribution in [0.3, 0.4) is 0 Å². The zero-order chi connectivity index (χ0) is 13.8. The minimum Gasteiger partial charge on any atom is -0.481 e. The maximum atomic E-state index is 12.3. The van der Waals surface area contributed by atoms with Gasteiger partial charge in [-0.2, -0.15) is 5.10 Å². The summed E-state index contributed by atoms with van der Waals surface area (Å²) in [5, 5.41) is 15.8. The van der Waals surface area contributed by atoms with E-state index in [2.05, 4.69) is 15.1 Å². The molecule has 0 spiro atoms. The third kappa shape index (κ3) is 3.24. The smallest absolute Gasteiger partial charge is 0.261 e. The second-order valence-electron chi connectivity index (χ2n) is 4.76. The Bertz CT molecular complexity index is 424. The highest BCUT2D eigenvalue weighted by atomic mass is 16.5. The third-order valence-corrected chi connectivity index (χ3v) is 3.22. The van der Waals surface area contributed by atoms with Crippen molar-refractivity contribution in [2.24, 2.45) is 0 Å². The average molecular weight is 268 g/mol. The molecule has 106 valence electrons. The van der Waals surface area contributed by atoms with Crippen LogP contribution >= 0.6 is 0 Å². The van der Waals surface area contributed by atoms with E-state index in [4.69, 9.17) is 4.74 Å². The molecule has 1 saturated heterocycles. The molecule has 0 aromatic carbocycles. The second kappa shape index (κ2) is 6.03. The van der Waals surface area contributed by atoms with Crippen LogP contribution in [0, 0.1) is 0 Å². The first-order chi connectivity index (χ1) is 9.11. The lowest BCUT2D eigenvalue weighted by Gasteiger charge is -2.35.